The lowest BCUT2D eigenvalue weighted by Crippen LogP contribution is -2.39. The van der Waals surface area contributed by atoms with Crippen molar-refractivity contribution in [3.8, 4) is 0 Å². The third-order valence-electron chi connectivity index (χ3n) is 2.54. The molecule has 4 heteroatoms. The SMILES string of the molecule is CC1(C(=O)N(CCO)CCO)CC1. The molecule has 0 aromatic rings. The summed E-state index contributed by atoms with van der Waals surface area (Å²) in [5.74, 6) is 0.0654. The first-order valence-corrected chi connectivity index (χ1v) is 4.65. The average molecular weight is 187 g/mol. The Bertz CT molecular complexity index is 183. The van der Waals surface area contributed by atoms with Crippen LogP contribution in [0.4, 0.5) is 0 Å². The van der Waals surface area contributed by atoms with E-state index in [0.717, 1.165) is 12.8 Å². The van der Waals surface area contributed by atoms with Gasteiger partial charge in [0.25, 0.3) is 0 Å². The van der Waals surface area contributed by atoms with Gasteiger partial charge in [-0.25, -0.2) is 0 Å². The maximum absolute atomic E-state index is 11.7. The van der Waals surface area contributed by atoms with Gasteiger partial charge < -0.3 is 15.1 Å². The van der Waals surface area contributed by atoms with Crippen molar-refractivity contribution in [1.29, 1.82) is 0 Å². The number of rotatable bonds is 5. The van der Waals surface area contributed by atoms with Gasteiger partial charge in [-0.3, -0.25) is 4.79 Å². The van der Waals surface area contributed by atoms with Crippen molar-refractivity contribution in [3.05, 3.63) is 0 Å². The molecule has 0 bridgehead atoms. The molecule has 0 spiro atoms. The molecule has 0 saturated heterocycles. The summed E-state index contributed by atoms with van der Waals surface area (Å²) in [4.78, 5) is 13.2. The van der Waals surface area contributed by atoms with E-state index in [4.69, 9.17) is 10.2 Å². The zero-order valence-electron chi connectivity index (χ0n) is 7.99. The summed E-state index contributed by atoms with van der Waals surface area (Å²) in [6.45, 7) is 2.50. The number of hydrogen-bond donors (Lipinski definition) is 2. The zero-order chi connectivity index (χ0) is 9.90. The zero-order valence-corrected chi connectivity index (χ0v) is 7.99. The van der Waals surface area contributed by atoms with Gasteiger partial charge in [-0.2, -0.15) is 0 Å². The van der Waals surface area contributed by atoms with Gasteiger partial charge in [0.2, 0.25) is 5.91 Å². The van der Waals surface area contributed by atoms with Crippen LogP contribution in [0.2, 0.25) is 0 Å². The Hall–Kier alpha value is -0.610. The first kappa shape index (κ1) is 10.5. The fourth-order valence-electron chi connectivity index (χ4n) is 1.34. The Balaban J connectivity index is 2.48. The fourth-order valence-corrected chi connectivity index (χ4v) is 1.34. The summed E-state index contributed by atoms with van der Waals surface area (Å²) in [6.07, 6.45) is 1.86. The van der Waals surface area contributed by atoms with Gasteiger partial charge in [-0.15, -0.1) is 0 Å². The van der Waals surface area contributed by atoms with Gasteiger partial charge in [-0.1, -0.05) is 6.92 Å². The van der Waals surface area contributed by atoms with Crippen molar-refractivity contribution >= 4 is 5.91 Å². The van der Waals surface area contributed by atoms with Crippen LogP contribution in [0.1, 0.15) is 19.8 Å². The van der Waals surface area contributed by atoms with Crippen molar-refractivity contribution in [3.63, 3.8) is 0 Å². The molecule has 0 atom stereocenters. The standard InChI is InChI=1S/C9H17NO3/c1-9(2-3-9)8(13)10(4-6-11)5-7-12/h11-12H,2-7H2,1H3. The molecule has 0 aromatic carbocycles. The summed E-state index contributed by atoms with van der Waals surface area (Å²) in [6, 6.07) is 0. The maximum atomic E-state index is 11.7. The van der Waals surface area contributed by atoms with E-state index in [1.54, 1.807) is 0 Å². The molecule has 0 unspecified atom stereocenters. The summed E-state index contributed by atoms with van der Waals surface area (Å²) in [5.41, 5.74) is -0.204. The smallest absolute Gasteiger partial charge is 0.228 e. The quantitative estimate of drug-likeness (QED) is 0.615. The third kappa shape index (κ3) is 2.42. The van der Waals surface area contributed by atoms with Crippen molar-refractivity contribution in [2.45, 2.75) is 19.8 Å². The lowest BCUT2D eigenvalue weighted by molar-refractivity contribution is -0.137. The van der Waals surface area contributed by atoms with Crippen LogP contribution in [-0.2, 0) is 4.79 Å². The largest absolute Gasteiger partial charge is 0.395 e. The van der Waals surface area contributed by atoms with Crippen LogP contribution < -0.4 is 0 Å². The van der Waals surface area contributed by atoms with Crippen LogP contribution in [-0.4, -0.2) is 47.3 Å². The van der Waals surface area contributed by atoms with Gasteiger partial charge in [-0.05, 0) is 12.8 Å². The fraction of sp³-hybridized carbons (Fsp3) is 0.889. The Morgan fingerprint density at radius 2 is 1.77 bits per heavy atom. The maximum Gasteiger partial charge on any atom is 0.228 e. The van der Waals surface area contributed by atoms with Gasteiger partial charge in [0, 0.05) is 18.5 Å². The Kier molecular flexibility index (Phi) is 3.27. The van der Waals surface area contributed by atoms with Gasteiger partial charge in [0.15, 0.2) is 0 Å². The van der Waals surface area contributed by atoms with E-state index in [2.05, 4.69) is 0 Å². The lowest BCUT2D eigenvalue weighted by Gasteiger charge is -2.23. The number of carbonyl (C=O) groups excluding carboxylic acids is 1. The minimum atomic E-state index is -0.204. The number of carbonyl (C=O) groups is 1. The van der Waals surface area contributed by atoms with E-state index in [-0.39, 0.29) is 24.5 Å². The first-order chi connectivity index (χ1) is 6.14. The molecule has 0 aliphatic heterocycles. The molecule has 1 amide bonds. The normalized spacial score (nSPS) is 18.4. The lowest BCUT2D eigenvalue weighted by atomic mass is 10.1. The molecule has 1 aliphatic rings. The minimum Gasteiger partial charge on any atom is -0.395 e. The highest BCUT2D eigenvalue weighted by molar-refractivity contribution is 5.84. The second-order valence-electron chi connectivity index (χ2n) is 3.80. The van der Waals surface area contributed by atoms with Crippen LogP contribution in [0.15, 0.2) is 0 Å². The Labute approximate surface area is 78.2 Å². The predicted molar refractivity (Wildman–Crippen MR) is 48.1 cm³/mol. The number of hydrogen-bond acceptors (Lipinski definition) is 3. The summed E-state index contributed by atoms with van der Waals surface area (Å²) < 4.78 is 0. The minimum absolute atomic E-state index is 0.0399. The van der Waals surface area contributed by atoms with Gasteiger partial charge in [0.1, 0.15) is 0 Å². The first-order valence-electron chi connectivity index (χ1n) is 4.65. The molecular formula is C9H17NO3. The van der Waals surface area contributed by atoms with Crippen LogP contribution in [0.25, 0.3) is 0 Å². The highest BCUT2D eigenvalue weighted by atomic mass is 16.3. The van der Waals surface area contributed by atoms with Crippen LogP contribution >= 0.6 is 0 Å². The molecule has 0 aromatic heterocycles. The van der Waals surface area contributed by atoms with Crippen molar-refractivity contribution in [2.75, 3.05) is 26.3 Å². The number of aliphatic hydroxyl groups is 2. The molecule has 1 saturated carbocycles. The molecule has 13 heavy (non-hydrogen) atoms. The van der Waals surface area contributed by atoms with Crippen molar-refractivity contribution in [2.24, 2.45) is 5.41 Å². The molecule has 0 heterocycles. The third-order valence-corrected chi connectivity index (χ3v) is 2.54. The molecule has 76 valence electrons. The Morgan fingerprint density at radius 3 is 2.08 bits per heavy atom. The molecule has 0 radical (unpaired) electrons. The molecule has 1 fully saturated rings. The second kappa shape index (κ2) is 4.07. The number of amides is 1. The highest BCUT2D eigenvalue weighted by Gasteiger charge is 2.46. The van der Waals surface area contributed by atoms with E-state index < -0.39 is 0 Å². The summed E-state index contributed by atoms with van der Waals surface area (Å²) in [7, 11) is 0. The molecular weight excluding hydrogens is 170 g/mol. The summed E-state index contributed by atoms with van der Waals surface area (Å²) >= 11 is 0. The number of aliphatic hydroxyl groups excluding tert-OH is 2. The number of nitrogens with zero attached hydrogens (tertiary/aromatic N) is 1. The van der Waals surface area contributed by atoms with Crippen LogP contribution in [0.3, 0.4) is 0 Å². The summed E-state index contributed by atoms with van der Waals surface area (Å²) in [5, 5.41) is 17.4. The predicted octanol–water partition coefficient (Wildman–Crippen LogP) is -0.400. The second-order valence-corrected chi connectivity index (χ2v) is 3.80. The highest BCUT2D eigenvalue weighted by Crippen LogP contribution is 2.46. The topological polar surface area (TPSA) is 60.8 Å². The van der Waals surface area contributed by atoms with E-state index in [1.165, 1.54) is 4.90 Å². The monoisotopic (exact) mass is 187 g/mol. The van der Waals surface area contributed by atoms with Crippen molar-refractivity contribution in [1.82, 2.24) is 4.90 Å². The Morgan fingerprint density at radius 1 is 1.31 bits per heavy atom. The van der Waals surface area contributed by atoms with Crippen LogP contribution in [0.5, 0.6) is 0 Å². The molecule has 1 aliphatic carbocycles. The molecule has 4 nitrogen and oxygen atoms in total. The van der Waals surface area contributed by atoms with Gasteiger partial charge >= 0.3 is 0 Å². The molecule has 2 N–H and O–H groups in total. The van der Waals surface area contributed by atoms with E-state index >= 15 is 0 Å². The van der Waals surface area contributed by atoms with E-state index in [1.807, 2.05) is 6.92 Å². The van der Waals surface area contributed by atoms with E-state index in [0.29, 0.717) is 13.1 Å². The average Bonchev–Trinajstić information content (AvgIpc) is 2.84. The van der Waals surface area contributed by atoms with Crippen molar-refractivity contribution < 1.29 is 15.0 Å². The van der Waals surface area contributed by atoms with E-state index in [9.17, 15) is 4.79 Å². The molecule has 1 rings (SSSR count). The van der Waals surface area contributed by atoms with Crippen LogP contribution in [0, 0.1) is 5.41 Å². The van der Waals surface area contributed by atoms with Gasteiger partial charge in [0.05, 0.1) is 13.2 Å².